The predicted octanol–water partition coefficient (Wildman–Crippen LogP) is 1.61. The summed E-state index contributed by atoms with van der Waals surface area (Å²) in [5.41, 5.74) is -0.304. The summed E-state index contributed by atoms with van der Waals surface area (Å²) in [5, 5.41) is 6.71. The Morgan fingerprint density at radius 1 is 1.38 bits per heavy atom. The van der Waals surface area contributed by atoms with Gasteiger partial charge < -0.3 is 25.0 Å². The molecule has 26 heavy (non-hydrogen) atoms. The zero-order chi connectivity index (χ0) is 18.3. The summed E-state index contributed by atoms with van der Waals surface area (Å²) in [4.78, 5) is 18.6. The summed E-state index contributed by atoms with van der Waals surface area (Å²) >= 11 is 0. The zero-order valence-electron chi connectivity index (χ0n) is 16.5. The van der Waals surface area contributed by atoms with Crippen LogP contribution in [0, 0.1) is 5.41 Å². The fourth-order valence-corrected chi connectivity index (χ4v) is 3.64. The third-order valence-electron chi connectivity index (χ3n) is 5.09. The van der Waals surface area contributed by atoms with Gasteiger partial charge in [0, 0.05) is 40.3 Å². The molecule has 1 saturated carbocycles. The molecule has 152 valence electrons. The number of carbonyl (C=O) groups excluding carboxylic acids is 1. The molecular weight excluding hydrogens is 447 g/mol. The first kappa shape index (κ1) is 23.4. The second-order valence-electron chi connectivity index (χ2n) is 7.48. The summed E-state index contributed by atoms with van der Waals surface area (Å²) < 4.78 is 11.2. The number of halogens is 1. The van der Waals surface area contributed by atoms with Crippen molar-refractivity contribution >= 4 is 35.8 Å². The van der Waals surface area contributed by atoms with E-state index in [1.54, 1.807) is 11.9 Å². The van der Waals surface area contributed by atoms with E-state index in [0.29, 0.717) is 19.8 Å². The van der Waals surface area contributed by atoms with Gasteiger partial charge in [-0.25, -0.2) is 0 Å². The van der Waals surface area contributed by atoms with Crippen molar-refractivity contribution in [3.05, 3.63) is 0 Å². The third kappa shape index (κ3) is 6.53. The molecule has 7 nitrogen and oxygen atoms in total. The Kier molecular flexibility index (Phi) is 10.2. The highest BCUT2D eigenvalue weighted by Crippen LogP contribution is 2.38. The monoisotopic (exact) mass is 482 g/mol. The first-order valence-electron chi connectivity index (χ1n) is 9.35. The van der Waals surface area contributed by atoms with E-state index in [9.17, 15) is 4.79 Å². The van der Waals surface area contributed by atoms with Gasteiger partial charge in [-0.3, -0.25) is 9.79 Å². The molecule has 0 bridgehead atoms. The van der Waals surface area contributed by atoms with Crippen LogP contribution in [0.2, 0.25) is 0 Å². The maximum absolute atomic E-state index is 12.6. The minimum atomic E-state index is -0.304. The molecule has 2 rings (SSSR count). The minimum absolute atomic E-state index is 0. The highest BCUT2D eigenvalue weighted by atomic mass is 127. The summed E-state index contributed by atoms with van der Waals surface area (Å²) in [6.45, 7) is 4.77. The van der Waals surface area contributed by atoms with Gasteiger partial charge in [0.1, 0.15) is 0 Å². The molecule has 0 aromatic carbocycles. The number of rotatable bonds is 7. The average molecular weight is 482 g/mol. The van der Waals surface area contributed by atoms with Gasteiger partial charge in [0.05, 0.1) is 24.7 Å². The van der Waals surface area contributed by atoms with E-state index in [4.69, 9.17) is 9.47 Å². The standard InChI is InChI=1S/C18H34N4O3.HI/c1-14(11-25-15-7-10-24-12-15)21-17(19-2)20-13-18(8-5-6-9-18)16(23)22(3)4;/h14-15H,5-13H2,1-4H3,(H2,19,20,21);1H. The van der Waals surface area contributed by atoms with Crippen LogP contribution < -0.4 is 10.6 Å². The van der Waals surface area contributed by atoms with E-state index in [-0.39, 0.29) is 47.4 Å². The number of hydrogen-bond acceptors (Lipinski definition) is 4. The predicted molar refractivity (Wildman–Crippen MR) is 114 cm³/mol. The van der Waals surface area contributed by atoms with Gasteiger partial charge in [0.25, 0.3) is 0 Å². The van der Waals surface area contributed by atoms with Crippen molar-refractivity contribution < 1.29 is 14.3 Å². The lowest BCUT2D eigenvalue weighted by Gasteiger charge is -2.31. The Morgan fingerprint density at radius 2 is 2.08 bits per heavy atom. The van der Waals surface area contributed by atoms with Crippen LogP contribution in [0.15, 0.2) is 4.99 Å². The molecular formula is C18H35IN4O3. The smallest absolute Gasteiger partial charge is 0.230 e. The second-order valence-corrected chi connectivity index (χ2v) is 7.48. The van der Waals surface area contributed by atoms with Gasteiger partial charge in [0.15, 0.2) is 5.96 Å². The number of nitrogens with one attached hydrogen (secondary N) is 2. The fourth-order valence-electron chi connectivity index (χ4n) is 3.64. The van der Waals surface area contributed by atoms with E-state index in [2.05, 4.69) is 22.5 Å². The topological polar surface area (TPSA) is 75.2 Å². The summed E-state index contributed by atoms with van der Waals surface area (Å²) in [6, 6.07) is 0.135. The molecule has 2 N–H and O–H groups in total. The normalized spacial score (nSPS) is 23.2. The van der Waals surface area contributed by atoms with Gasteiger partial charge in [-0.15, -0.1) is 24.0 Å². The lowest BCUT2D eigenvalue weighted by Crippen LogP contribution is -2.51. The number of amides is 1. The van der Waals surface area contributed by atoms with Crippen molar-refractivity contribution in [1.29, 1.82) is 0 Å². The Labute approximate surface area is 174 Å². The molecule has 2 fully saturated rings. The van der Waals surface area contributed by atoms with E-state index < -0.39 is 0 Å². The van der Waals surface area contributed by atoms with Gasteiger partial charge in [0.2, 0.25) is 5.91 Å². The molecule has 2 atom stereocenters. The summed E-state index contributed by atoms with van der Waals surface area (Å²) in [5.74, 6) is 0.933. The number of ether oxygens (including phenoxy) is 2. The number of aliphatic imine (C=N–C) groups is 1. The molecule has 2 aliphatic rings. The molecule has 1 heterocycles. The van der Waals surface area contributed by atoms with Crippen molar-refractivity contribution in [3.63, 3.8) is 0 Å². The first-order chi connectivity index (χ1) is 12.0. The minimum Gasteiger partial charge on any atom is -0.379 e. The summed E-state index contributed by atoms with van der Waals surface area (Å²) in [7, 11) is 5.42. The van der Waals surface area contributed by atoms with Gasteiger partial charge in [-0.2, -0.15) is 0 Å². The lowest BCUT2D eigenvalue weighted by molar-refractivity contribution is -0.138. The Hall–Kier alpha value is -0.610. The Balaban J connectivity index is 0.00000338. The molecule has 0 radical (unpaired) electrons. The van der Waals surface area contributed by atoms with Crippen LogP contribution in [-0.4, -0.2) is 76.4 Å². The van der Waals surface area contributed by atoms with Gasteiger partial charge in [-0.1, -0.05) is 12.8 Å². The van der Waals surface area contributed by atoms with Crippen molar-refractivity contribution in [1.82, 2.24) is 15.5 Å². The molecule has 0 aromatic rings. The quantitative estimate of drug-likeness (QED) is 0.328. The van der Waals surface area contributed by atoms with Crippen LogP contribution in [-0.2, 0) is 14.3 Å². The maximum Gasteiger partial charge on any atom is 0.230 e. The number of hydrogen-bond donors (Lipinski definition) is 2. The van der Waals surface area contributed by atoms with E-state index >= 15 is 0 Å². The van der Waals surface area contributed by atoms with E-state index in [1.165, 1.54) is 0 Å². The van der Waals surface area contributed by atoms with Crippen LogP contribution in [0.1, 0.15) is 39.0 Å². The molecule has 1 aliphatic carbocycles. The van der Waals surface area contributed by atoms with Crippen LogP contribution in [0.4, 0.5) is 0 Å². The van der Waals surface area contributed by atoms with Crippen LogP contribution in [0.5, 0.6) is 0 Å². The van der Waals surface area contributed by atoms with Crippen molar-refractivity contribution in [2.45, 2.75) is 51.2 Å². The molecule has 1 saturated heterocycles. The molecule has 0 aromatic heterocycles. The van der Waals surface area contributed by atoms with Crippen molar-refractivity contribution in [2.75, 3.05) is 47.5 Å². The van der Waals surface area contributed by atoms with E-state index in [1.807, 2.05) is 14.1 Å². The zero-order valence-corrected chi connectivity index (χ0v) is 18.9. The van der Waals surface area contributed by atoms with Crippen molar-refractivity contribution in [3.8, 4) is 0 Å². The van der Waals surface area contributed by atoms with Crippen molar-refractivity contribution in [2.24, 2.45) is 10.4 Å². The highest BCUT2D eigenvalue weighted by Gasteiger charge is 2.42. The Morgan fingerprint density at radius 3 is 2.62 bits per heavy atom. The lowest BCUT2D eigenvalue weighted by atomic mass is 9.84. The van der Waals surface area contributed by atoms with Crippen LogP contribution in [0.3, 0.4) is 0 Å². The molecule has 0 spiro atoms. The second kappa shape index (κ2) is 11.3. The average Bonchev–Trinajstić information content (AvgIpc) is 3.28. The largest absolute Gasteiger partial charge is 0.379 e. The Bertz CT molecular complexity index is 461. The third-order valence-corrected chi connectivity index (χ3v) is 5.09. The van der Waals surface area contributed by atoms with Gasteiger partial charge in [-0.05, 0) is 26.2 Å². The van der Waals surface area contributed by atoms with Crippen LogP contribution >= 0.6 is 24.0 Å². The fraction of sp³-hybridized carbons (Fsp3) is 0.889. The number of guanidine groups is 1. The summed E-state index contributed by atoms with van der Waals surface area (Å²) in [6.07, 6.45) is 5.28. The number of nitrogens with zero attached hydrogens (tertiary/aromatic N) is 2. The SMILES string of the molecule is CN=C(NCC1(C(=O)N(C)C)CCCC1)NC(C)COC1CCOC1.I. The highest BCUT2D eigenvalue weighted by molar-refractivity contribution is 14.0. The maximum atomic E-state index is 12.6. The number of carbonyl (C=O) groups is 1. The molecule has 1 aliphatic heterocycles. The molecule has 2 unspecified atom stereocenters. The molecule has 8 heteroatoms. The first-order valence-corrected chi connectivity index (χ1v) is 9.35. The van der Waals surface area contributed by atoms with E-state index in [0.717, 1.165) is 44.7 Å². The molecule has 1 amide bonds. The van der Waals surface area contributed by atoms with Gasteiger partial charge >= 0.3 is 0 Å². The van der Waals surface area contributed by atoms with Crippen LogP contribution in [0.25, 0.3) is 0 Å².